The summed E-state index contributed by atoms with van der Waals surface area (Å²) in [6.45, 7) is 7.96. The van der Waals surface area contributed by atoms with Gasteiger partial charge in [0.05, 0.1) is 26.4 Å². The molecule has 0 spiro atoms. The van der Waals surface area contributed by atoms with Crippen molar-refractivity contribution in [3.63, 3.8) is 0 Å². The molecule has 0 unspecified atom stereocenters. The van der Waals surface area contributed by atoms with Gasteiger partial charge in [-0.2, -0.15) is 0 Å². The topological polar surface area (TPSA) is 77.3 Å². The molecule has 0 saturated carbocycles. The van der Waals surface area contributed by atoms with Gasteiger partial charge in [-0.05, 0) is 10.4 Å². The lowest BCUT2D eigenvalue weighted by Gasteiger charge is -2.26. The van der Waals surface area contributed by atoms with Crippen LogP contribution >= 0.6 is 11.8 Å². The average Bonchev–Trinajstić information content (AvgIpc) is 2.96. The highest BCUT2D eigenvalue weighted by Crippen LogP contribution is 2.13. The number of rotatable bonds is 10. The van der Waals surface area contributed by atoms with Gasteiger partial charge in [-0.15, -0.1) is 5.10 Å². The van der Waals surface area contributed by atoms with Crippen LogP contribution in [0.5, 0.6) is 0 Å². The number of morpholine rings is 1. The summed E-state index contributed by atoms with van der Waals surface area (Å²) in [4.78, 5) is 2.41. The van der Waals surface area contributed by atoms with Gasteiger partial charge in [-0.1, -0.05) is 11.8 Å². The normalized spacial score (nSPS) is 16.4. The number of hydrogen-bond acceptors (Lipinski definition) is 8. The van der Waals surface area contributed by atoms with Gasteiger partial charge in [0.2, 0.25) is 5.16 Å². The molecule has 0 atom stereocenters. The molecular weight excluding hydrogens is 292 g/mol. The highest BCUT2D eigenvalue weighted by molar-refractivity contribution is 7.99. The summed E-state index contributed by atoms with van der Waals surface area (Å²) in [5.74, 6) is 0.997. The van der Waals surface area contributed by atoms with Crippen LogP contribution in [-0.4, -0.2) is 90.5 Å². The molecule has 0 amide bonds. The minimum Gasteiger partial charge on any atom is -0.383 e. The summed E-state index contributed by atoms with van der Waals surface area (Å²) in [7, 11) is 1.70. The Morgan fingerprint density at radius 1 is 1.29 bits per heavy atom. The van der Waals surface area contributed by atoms with Crippen LogP contribution in [0.25, 0.3) is 0 Å². The number of tetrazole rings is 1. The maximum Gasteiger partial charge on any atom is 0.209 e. The molecule has 1 fully saturated rings. The quantitative estimate of drug-likeness (QED) is 0.450. The van der Waals surface area contributed by atoms with Crippen LogP contribution in [0.4, 0.5) is 0 Å². The molecule has 0 bridgehead atoms. The first-order chi connectivity index (χ1) is 10.4. The number of ether oxygens (including phenoxy) is 2. The second-order valence-corrected chi connectivity index (χ2v) is 5.79. The lowest BCUT2D eigenvalue weighted by Crippen LogP contribution is -2.37. The van der Waals surface area contributed by atoms with Crippen LogP contribution < -0.4 is 5.32 Å². The van der Waals surface area contributed by atoms with E-state index in [0.29, 0.717) is 0 Å². The standard InChI is InChI=1S/C12H24N6O2S/c1-19-8-3-13-2-4-18-12(14-15-16-18)21-11-7-17-5-9-20-10-6-17/h13H,2-11H2,1H3. The fourth-order valence-electron chi connectivity index (χ4n) is 2.02. The lowest BCUT2D eigenvalue weighted by molar-refractivity contribution is 0.0410. The third-order valence-electron chi connectivity index (χ3n) is 3.22. The van der Waals surface area contributed by atoms with Gasteiger partial charge in [-0.25, -0.2) is 4.68 Å². The molecule has 21 heavy (non-hydrogen) atoms. The van der Waals surface area contributed by atoms with Crippen molar-refractivity contribution in [1.82, 2.24) is 30.4 Å². The molecule has 1 N–H and O–H groups in total. The third kappa shape index (κ3) is 6.27. The van der Waals surface area contributed by atoms with Crippen LogP contribution in [0.3, 0.4) is 0 Å². The van der Waals surface area contributed by atoms with Crippen LogP contribution in [0.1, 0.15) is 0 Å². The fourth-order valence-corrected chi connectivity index (χ4v) is 2.92. The van der Waals surface area contributed by atoms with E-state index in [-0.39, 0.29) is 0 Å². The Labute approximate surface area is 129 Å². The summed E-state index contributed by atoms with van der Waals surface area (Å²) in [6.07, 6.45) is 0. The largest absolute Gasteiger partial charge is 0.383 e. The van der Waals surface area contributed by atoms with E-state index < -0.39 is 0 Å². The maximum absolute atomic E-state index is 5.34. The first-order valence-electron chi connectivity index (χ1n) is 7.29. The van der Waals surface area contributed by atoms with E-state index in [4.69, 9.17) is 9.47 Å². The molecule has 2 rings (SSSR count). The molecule has 0 radical (unpaired) electrons. The van der Waals surface area contributed by atoms with Gasteiger partial charge in [0, 0.05) is 45.6 Å². The number of nitrogens with one attached hydrogen (secondary N) is 1. The van der Waals surface area contributed by atoms with Gasteiger partial charge < -0.3 is 14.8 Å². The van der Waals surface area contributed by atoms with Crippen molar-refractivity contribution in [1.29, 1.82) is 0 Å². The molecule has 1 aromatic heterocycles. The third-order valence-corrected chi connectivity index (χ3v) is 4.16. The molecule has 1 aromatic rings. The number of nitrogens with zero attached hydrogens (tertiary/aromatic N) is 5. The van der Waals surface area contributed by atoms with Gasteiger partial charge in [0.25, 0.3) is 0 Å². The van der Waals surface area contributed by atoms with E-state index >= 15 is 0 Å². The van der Waals surface area contributed by atoms with E-state index in [2.05, 4.69) is 25.7 Å². The molecule has 1 aliphatic rings. The Morgan fingerprint density at radius 3 is 2.95 bits per heavy atom. The summed E-state index contributed by atoms with van der Waals surface area (Å²) in [6, 6.07) is 0. The highest BCUT2D eigenvalue weighted by atomic mass is 32.2. The molecular formula is C12H24N6O2S. The zero-order valence-corrected chi connectivity index (χ0v) is 13.3. The van der Waals surface area contributed by atoms with E-state index in [1.165, 1.54) is 0 Å². The highest BCUT2D eigenvalue weighted by Gasteiger charge is 2.11. The van der Waals surface area contributed by atoms with Crippen LogP contribution in [0, 0.1) is 0 Å². The first-order valence-corrected chi connectivity index (χ1v) is 8.27. The van der Waals surface area contributed by atoms with Crippen LogP contribution in [0.2, 0.25) is 0 Å². The maximum atomic E-state index is 5.34. The Bertz CT molecular complexity index is 386. The van der Waals surface area contributed by atoms with Crippen LogP contribution in [-0.2, 0) is 16.0 Å². The average molecular weight is 316 g/mol. The molecule has 120 valence electrons. The molecule has 0 aliphatic carbocycles. The molecule has 1 saturated heterocycles. The summed E-state index contributed by atoms with van der Waals surface area (Å²) < 4.78 is 12.2. The van der Waals surface area contributed by atoms with Crippen molar-refractivity contribution in [3.8, 4) is 0 Å². The van der Waals surface area contributed by atoms with E-state index in [0.717, 1.165) is 70.0 Å². The van der Waals surface area contributed by atoms with E-state index in [1.807, 2.05) is 4.68 Å². The predicted octanol–water partition coefficient (Wildman–Crippen LogP) is -0.667. The van der Waals surface area contributed by atoms with Crippen molar-refractivity contribution < 1.29 is 9.47 Å². The smallest absolute Gasteiger partial charge is 0.209 e. The summed E-state index contributed by atoms with van der Waals surface area (Å²) >= 11 is 1.71. The predicted molar refractivity (Wildman–Crippen MR) is 80.5 cm³/mol. The van der Waals surface area contributed by atoms with Gasteiger partial charge in [0.1, 0.15) is 0 Å². The monoisotopic (exact) mass is 316 g/mol. The molecule has 9 heteroatoms. The minimum atomic E-state index is 0.719. The molecule has 2 heterocycles. The number of aromatic nitrogens is 4. The molecule has 0 aromatic carbocycles. The summed E-state index contributed by atoms with van der Waals surface area (Å²) in [5.41, 5.74) is 0. The Morgan fingerprint density at radius 2 is 2.14 bits per heavy atom. The van der Waals surface area contributed by atoms with Crippen LogP contribution in [0.15, 0.2) is 5.16 Å². The van der Waals surface area contributed by atoms with Gasteiger partial charge >= 0.3 is 0 Å². The minimum absolute atomic E-state index is 0.719. The number of hydrogen-bond donors (Lipinski definition) is 1. The lowest BCUT2D eigenvalue weighted by atomic mass is 10.4. The van der Waals surface area contributed by atoms with Crippen molar-refractivity contribution in [2.75, 3.05) is 65.4 Å². The van der Waals surface area contributed by atoms with Gasteiger partial charge in [-0.3, -0.25) is 4.90 Å². The summed E-state index contributed by atoms with van der Waals surface area (Å²) in [5, 5.41) is 16.0. The zero-order valence-electron chi connectivity index (χ0n) is 12.5. The first kappa shape index (κ1) is 16.6. The Kier molecular flexibility index (Phi) is 7.97. The van der Waals surface area contributed by atoms with E-state index in [1.54, 1.807) is 18.9 Å². The number of thioether (sulfide) groups is 1. The van der Waals surface area contributed by atoms with Crippen molar-refractivity contribution in [2.24, 2.45) is 0 Å². The molecule has 8 nitrogen and oxygen atoms in total. The fraction of sp³-hybridized carbons (Fsp3) is 0.917. The Hall–Kier alpha value is -0.740. The van der Waals surface area contributed by atoms with Crippen molar-refractivity contribution in [3.05, 3.63) is 0 Å². The second-order valence-electron chi connectivity index (χ2n) is 4.73. The number of methoxy groups -OCH3 is 1. The zero-order chi connectivity index (χ0) is 14.8. The molecule has 1 aliphatic heterocycles. The Balaban J connectivity index is 1.62. The van der Waals surface area contributed by atoms with Crippen molar-refractivity contribution in [2.45, 2.75) is 11.7 Å². The van der Waals surface area contributed by atoms with E-state index in [9.17, 15) is 0 Å². The second kappa shape index (κ2) is 10.1. The SMILES string of the molecule is COCCNCCn1nnnc1SCCN1CCOCC1. The van der Waals surface area contributed by atoms with Gasteiger partial charge in [0.15, 0.2) is 0 Å². The van der Waals surface area contributed by atoms with Crippen molar-refractivity contribution >= 4 is 11.8 Å².